The topological polar surface area (TPSA) is 88.6 Å². The van der Waals surface area contributed by atoms with Gasteiger partial charge in [-0.3, -0.25) is 4.79 Å². The second-order valence-electron chi connectivity index (χ2n) is 5.91. The number of primary amides is 1. The van der Waals surface area contributed by atoms with Crippen LogP contribution in [0.1, 0.15) is 10.5 Å². The Hall–Kier alpha value is -2.03. The zero-order chi connectivity index (χ0) is 18.2. The third-order valence-electron chi connectivity index (χ3n) is 4.28. The molecule has 1 aromatic carbocycles. The lowest BCUT2D eigenvalue weighted by Gasteiger charge is -2.35. The van der Waals surface area contributed by atoms with Crippen LogP contribution in [0.25, 0.3) is 0 Å². The van der Waals surface area contributed by atoms with E-state index in [1.165, 1.54) is 21.1 Å². The van der Waals surface area contributed by atoms with E-state index in [0.29, 0.717) is 31.2 Å². The average molecular weight is 383 g/mol. The SMILES string of the molecule is Cn1cc(S(=O)(=O)N2CCN(c3cccc(Cl)c3)CC2)cc1C(N)=O. The lowest BCUT2D eigenvalue weighted by molar-refractivity contribution is 0.0992. The number of rotatable bonds is 4. The normalized spacial score (nSPS) is 16.2. The van der Waals surface area contributed by atoms with Crippen LogP contribution in [-0.2, 0) is 17.1 Å². The highest BCUT2D eigenvalue weighted by molar-refractivity contribution is 7.89. The highest BCUT2D eigenvalue weighted by Crippen LogP contribution is 2.24. The van der Waals surface area contributed by atoms with E-state index in [1.54, 1.807) is 13.1 Å². The first kappa shape index (κ1) is 17.8. The molecule has 134 valence electrons. The summed E-state index contributed by atoms with van der Waals surface area (Å²) in [4.78, 5) is 13.5. The molecule has 0 atom stereocenters. The van der Waals surface area contributed by atoms with Crippen molar-refractivity contribution < 1.29 is 13.2 Å². The van der Waals surface area contributed by atoms with E-state index in [4.69, 9.17) is 17.3 Å². The number of hydrogen-bond acceptors (Lipinski definition) is 4. The molecule has 3 rings (SSSR count). The summed E-state index contributed by atoms with van der Waals surface area (Å²) >= 11 is 6.02. The van der Waals surface area contributed by atoms with Gasteiger partial charge in [0.2, 0.25) is 10.0 Å². The quantitative estimate of drug-likeness (QED) is 0.862. The van der Waals surface area contributed by atoms with Crippen LogP contribution in [0.2, 0.25) is 5.02 Å². The number of carbonyl (C=O) groups is 1. The monoisotopic (exact) mass is 382 g/mol. The number of piperazine rings is 1. The van der Waals surface area contributed by atoms with Gasteiger partial charge < -0.3 is 15.2 Å². The van der Waals surface area contributed by atoms with E-state index in [2.05, 4.69) is 4.90 Å². The number of halogens is 1. The Morgan fingerprint density at radius 1 is 1.16 bits per heavy atom. The van der Waals surface area contributed by atoms with Gasteiger partial charge in [0.1, 0.15) is 10.6 Å². The van der Waals surface area contributed by atoms with Gasteiger partial charge in [-0.05, 0) is 24.3 Å². The molecule has 1 amide bonds. The Balaban J connectivity index is 1.75. The summed E-state index contributed by atoms with van der Waals surface area (Å²) < 4.78 is 28.4. The molecule has 0 bridgehead atoms. The van der Waals surface area contributed by atoms with Gasteiger partial charge >= 0.3 is 0 Å². The Kier molecular flexibility index (Phi) is 4.77. The van der Waals surface area contributed by atoms with Gasteiger partial charge in [0.05, 0.1) is 0 Å². The van der Waals surface area contributed by atoms with Gasteiger partial charge in [-0.25, -0.2) is 8.42 Å². The summed E-state index contributed by atoms with van der Waals surface area (Å²) in [6.45, 7) is 1.84. The van der Waals surface area contributed by atoms with Gasteiger partial charge in [0.25, 0.3) is 5.91 Å². The number of carbonyl (C=O) groups excluding carboxylic acids is 1. The number of amides is 1. The summed E-state index contributed by atoms with van der Waals surface area (Å²) in [6, 6.07) is 8.81. The lowest BCUT2D eigenvalue weighted by Crippen LogP contribution is -2.48. The molecular weight excluding hydrogens is 364 g/mol. The minimum atomic E-state index is -3.66. The summed E-state index contributed by atoms with van der Waals surface area (Å²) in [5.41, 5.74) is 6.39. The minimum absolute atomic E-state index is 0.0833. The summed E-state index contributed by atoms with van der Waals surface area (Å²) in [7, 11) is -2.07. The minimum Gasteiger partial charge on any atom is -0.369 e. The molecule has 9 heteroatoms. The molecule has 25 heavy (non-hydrogen) atoms. The molecule has 1 fully saturated rings. The molecule has 0 spiro atoms. The maximum Gasteiger partial charge on any atom is 0.265 e. The number of hydrogen-bond donors (Lipinski definition) is 1. The van der Waals surface area contributed by atoms with Crippen molar-refractivity contribution in [3.63, 3.8) is 0 Å². The van der Waals surface area contributed by atoms with Crippen LogP contribution in [0, 0.1) is 0 Å². The van der Waals surface area contributed by atoms with E-state index in [0.717, 1.165) is 5.69 Å². The van der Waals surface area contributed by atoms with Crippen molar-refractivity contribution in [1.82, 2.24) is 8.87 Å². The van der Waals surface area contributed by atoms with Crippen LogP contribution in [0.4, 0.5) is 5.69 Å². The van der Waals surface area contributed by atoms with Crippen molar-refractivity contribution in [3.05, 3.63) is 47.2 Å². The Morgan fingerprint density at radius 2 is 1.84 bits per heavy atom. The van der Waals surface area contributed by atoms with Gasteiger partial charge in [0.15, 0.2) is 0 Å². The fourth-order valence-corrected chi connectivity index (χ4v) is 4.61. The molecule has 0 saturated carbocycles. The molecule has 7 nitrogen and oxygen atoms in total. The van der Waals surface area contributed by atoms with Gasteiger partial charge in [-0.15, -0.1) is 0 Å². The second-order valence-corrected chi connectivity index (χ2v) is 8.28. The largest absolute Gasteiger partial charge is 0.369 e. The van der Waals surface area contributed by atoms with E-state index < -0.39 is 15.9 Å². The maximum absolute atomic E-state index is 12.8. The van der Waals surface area contributed by atoms with Crippen molar-refractivity contribution in [3.8, 4) is 0 Å². The maximum atomic E-state index is 12.8. The molecule has 0 unspecified atom stereocenters. The van der Waals surface area contributed by atoms with Crippen LogP contribution in [0.15, 0.2) is 41.4 Å². The first-order chi connectivity index (χ1) is 11.8. The Morgan fingerprint density at radius 3 is 2.40 bits per heavy atom. The standard InChI is InChI=1S/C16H19ClN4O3S/c1-19-11-14(10-15(19)16(18)22)25(23,24)21-7-5-20(6-8-21)13-4-2-3-12(17)9-13/h2-4,9-11H,5-8H2,1H3,(H2,18,22). The Bertz CT molecular complexity index is 902. The van der Waals surface area contributed by atoms with Crippen LogP contribution in [0.5, 0.6) is 0 Å². The number of benzene rings is 1. The lowest BCUT2D eigenvalue weighted by atomic mass is 10.2. The number of aromatic nitrogens is 1. The highest BCUT2D eigenvalue weighted by Gasteiger charge is 2.30. The van der Waals surface area contributed by atoms with Crippen molar-refractivity contribution >= 4 is 33.2 Å². The number of anilines is 1. The van der Waals surface area contributed by atoms with E-state index in [1.807, 2.05) is 18.2 Å². The molecule has 1 aromatic heterocycles. The number of nitrogens with two attached hydrogens (primary N) is 1. The average Bonchev–Trinajstić information content (AvgIpc) is 2.98. The first-order valence-electron chi connectivity index (χ1n) is 7.76. The van der Waals surface area contributed by atoms with Crippen LogP contribution < -0.4 is 10.6 Å². The molecule has 0 radical (unpaired) electrons. The first-order valence-corrected chi connectivity index (χ1v) is 9.57. The molecule has 1 aliphatic rings. The highest BCUT2D eigenvalue weighted by atomic mass is 35.5. The second kappa shape index (κ2) is 6.70. The van der Waals surface area contributed by atoms with Gasteiger partial charge in [-0.2, -0.15) is 4.31 Å². The van der Waals surface area contributed by atoms with Crippen molar-refractivity contribution in [2.24, 2.45) is 12.8 Å². The molecule has 1 aliphatic heterocycles. The zero-order valence-electron chi connectivity index (χ0n) is 13.7. The molecule has 2 N–H and O–H groups in total. The predicted molar refractivity (Wildman–Crippen MR) is 96.4 cm³/mol. The summed E-state index contributed by atoms with van der Waals surface area (Å²) in [5.74, 6) is -0.658. The molecule has 2 heterocycles. The van der Waals surface area contributed by atoms with Gasteiger partial charge in [0, 0.05) is 50.1 Å². The third-order valence-corrected chi connectivity index (χ3v) is 6.38. The summed E-state index contributed by atoms with van der Waals surface area (Å²) in [5, 5.41) is 0.649. The Labute approximate surface area is 151 Å². The van der Waals surface area contributed by atoms with E-state index in [9.17, 15) is 13.2 Å². The third kappa shape index (κ3) is 3.51. The fraction of sp³-hybridized carbons (Fsp3) is 0.312. The van der Waals surface area contributed by atoms with E-state index in [-0.39, 0.29) is 10.6 Å². The molecular formula is C16H19ClN4O3S. The fourth-order valence-electron chi connectivity index (χ4n) is 2.93. The van der Waals surface area contributed by atoms with E-state index >= 15 is 0 Å². The molecule has 1 saturated heterocycles. The number of sulfonamides is 1. The van der Waals surface area contributed by atoms with Crippen LogP contribution >= 0.6 is 11.6 Å². The number of nitrogens with zero attached hydrogens (tertiary/aromatic N) is 3. The smallest absolute Gasteiger partial charge is 0.265 e. The summed E-state index contributed by atoms with van der Waals surface area (Å²) in [6.07, 6.45) is 1.42. The molecule has 0 aliphatic carbocycles. The molecule has 2 aromatic rings. The van der Waals surface area contributed by atoms with Crippen LogP contribution in [-0.4, -0.2) is 49.4 Å². The van der Waals surface area contributed by atoms with Crippen molar-refractivity contribution in [2.75, 3.05) is 31.1 Å². The van der Waals surface area contributed by atoms with Crippen LogP contribution in [0.3, 0.4) is 0 Å². The zero-order valence-corrected chi connectivity index (χ0v) is 15.3. The number of aryl methyl sites for hydroxylation is 1. The van der Waals surface area contributed by atoms with Gasteiger partial charge in [-0.1, -0.05) is 17.7 Å². The predicted octanol–water partition coefficient (Wildman–Crippen LogP) is 1.29. The van der Waals surface area contributed by atoms with Crippen molar-refractivity contribution in [1.29, 1.82) is 0 Å². The van der Waals surface area contributed by atoms with Crippen molar-refractivity contribution in [2.45, 2.75) is 4.90 Å².